The van der Waals surface area contributed by atoms with Gasteiger partial charge in [0.25, 0.3) is 0 Å². The fraction of sp³-hybridized carbons (Fsp3) is 0.412. The topological polar surface area (TPSA) is 59.4 Å². The molecule has 0 spiro atoms. The number of pyridine rings is 1. The molecule has 0 radical (unpaired) electrons. The van der Waals surface area contributed by atoms with E-state index in [1.165, 1.54) is 0 Å². The van der Waals surface area contributed by atoms with Crippen molar-refractivity contribution in [1.29, 1.82) is 0 Å². The second kappa shape index (κ2) is 6.57. The summed E-state index contributed by atoms with van der Waals surface area (Å²) < 4.78 is 5.68. The Morgan fingerprint density at radius 2 is 2.05 bits per heavy atom. The molecule has 1 heterocycles. The van der Waals surface area contributed by atoms with Crippen LogP contribution >= 0.6 is 0 Å². The third kappa shape index (κ3) is 4.18. The van der Waals surface area contributed by atoms with Crippen LogP contribution in [-0.4, -0.2) is 22.7 Å². The number of ether oxygens (including phenoxy) is 1. The molecule has 0 aliphatic rings. The number of hydrogen-bond donors (Lipinski definition) is 1. The van der Waals surface area contributed by atoms with Crippen LogP contribution in [0.25, 0.3) is 10.9 Å². The van der Waals surface area contributed by atoms with Crippen LogP contribution in [0.1, 0.15) is 33.1 Å². The number of carboxylic acid groups (broad SMARTS) is 1. The molecule has 2 rings (SSSR count). The molecule has 0 atom stereocenters. The Hall–Kier alpha value is -2.10. The van der Waals surface area contributed by atoms with Crippen molar-refractivity contribution in [2.24, 2.45) is 5.41 Å². The highest BCUT2D eigenvalue weighted by Crippen LogP contribution is 2.23. The van der Waals surface area contributed by atoms with Crippen LogP contribution in [0.15, 0.2) is 36.5 Å². The second-order valence-electron chi connectivity index (χ2n) is 5.86. The Labute approximate surface area is 124 Å². The number of aromatic nitrogens is 1. The smallest absolute Gasteiger partial charge is 0.309 e. The Kier molecular flexibility index (Phi) is 4.78. The zero-order chi connectivity index (χ0) is 15.3. The minimum absolute atomic E-state index is 0.579. The molecular weight excluding hydrogens is 266 g/mol. The molecule has 0 aliphatic heterocycles. The van der Waals surface area contributed by atoms with E-state index >= 15 is 0 Å². The van der Waals surface area contributed by atoms with Gasteiger partial charge < -0.3 is 9.84 Å². The van der Waals surface area contributed by atoms with Crippen molar-refractivity contribution in [2.75, 3.05) is 6.61 Å². The molecule has 2 aromatic rings. The lowest BCUT2D eigenvalue weighted by Crippen LogP contribution is -2.23. The molecule has 1 N–H and O–H groups in total. The van der Waals surface area contributed by atoms with Crippen molar-refractivity contribution < 1.29 is 14.6 Å². The molecule has 0 amide bonds. The highest BCUT2D eigenvalue weighted by molar-refractivity contribution is 5.79. The van der Waals surface area contributed by atoms with Gasteiger partial charge in [0.05, 0.1) is 23.7 Å². The summed E-state index contributed by atoms with van der Waals surface area (Å²) in [5.41, 5.74) is 0.290. The summed E-state index contributed by atoms with van der Waals surface area (Å²) >= 11 is 0. The molecule has 0 saturated carbocycles. The van der Waals surface area contributed by atoms with Gasteiger partial charge in [0, 0.05) is 5.39 Å². The predicted molar refractivity (Wildman–Crippen MR) is 82.5 cm³/mol. The Morgan fingerprint density at radius 3 is 2.81 bits per heavy atom. The molecule has 4 nitrogen and oxygen atoms in total. The van der Waals surface area contributed by atoms with Gasteiger partial charge >= 0.3 is 5.97 Å². The average Bonchev–Trinajstić information content (AvgIpc) is 2.46. The average molecular weight is 287 g/mol. The number of aliphatic carboxylic acids is 1. The molecule has 4 heteroatoms. The summed E-state index contributed by atoms with van der Waals surface area (Å²) in [6.07, 6.45) is 4.05. The molecule has 0 saturated heterocycles. The molecule has 112 valence electrons. The van der Waals surface area contributed by atoms with Crippen LogP contribution < -0.4 is 4.74 Å². The first kappa shape index (κ1) is 15.3. The van der Waals surface area contributed by atoms with E-state index in [0.717, 1.165) is 29.5 Å². The van der Waals surface area contributed by atoms with Crippen LogP contribution in [0.3, 0.4) is 0 Å². The number of benzene rings is 1. The Bertz CT molecular complexity index is 622. The van der Waals surface area contributed by atoms with E-state index in [0.29, 0.717) is 13.0 Å². The number of carbonyl (C=O) groups is 1. The summed E-state index contributed by atoms with van der Waals surface area (Å²) in [4.78, 5) is 15.3. The maximum absolute atomic E-state index is 11.0. The third-order valence-electron chi connectivity index (χ3n) is 3.61. The largest absolute Gasteiger partial charge is 0.492 e. The Morgan fingerprint density at radius 1 is 1.29 bits per heavy atom. The van der Waals surface area contributed by atoms with Crippen molar-refractivity contribution in [1.82, 2.24) is 4.98 Å². The van der Waals surface area contributed by atoms with E-state index in [1.807, 2.05) is 30.3 Å². The maximum Gasteiger partial charge on any atom is 0.309 e. The lowest BCUT2D eigenvalue weighted by molar-refractivity contribution is -0.147. The van der Waals surface area contributed by atoms with E-state index in [9.17, 15) is 4.79 Å². The summed E-state index contributed by atoms with van der Waals surface area (Å²) in [5.74, 6) is 0.00772. The van der Waals surface area contributed by atoms with Crippen molar-refractivity contribution in [3.63, 3.8) is 0 Å². The van der Waals surface area contributed by atoms with E-state index in [1.54, 1.807) is 20.0 Å². The summed E-state index contributed by atoms with van der Waals surface area (Å²) in [5, 5.41) is 10.1. The summed E-state index contributed by atoms with van der Waals surface area (Å²) in [6.45, 7) is 4.09. The molecule has 1 aromatic carbocycles. The van der Waals surface area contributed by atoms with Crippen LogP contribution in [-0.2, 0) is 4.79 Å². The Balaban J connectivity index is 1.79. The zero-order valence-electron chi connectivity index (χ0n) is 12.5. The van der Waals surface area contributed by atoms with Gasteiger partial charge in [0.15, 0.2) is 0 Å². The van der Waals surface area contributed by atoms with Crippen molar-refractivity contribution in [3.05, 3.63) is 36.5 Å². The normalized spacial score (nSPS) is 11.5. The van der Waals surface area contributed by atoms with Crippen LogP contribution in [0.4, 0.5) is 0 Å². The van der Waals surface area contributed by atoms with Gasteiger partial charge in [-0.15, -0.1) is 0 Å². The van der Waals surface area contributed by atoms with Gasteiger partial charge in [-0.25, -0.2) is 0 Å². The first-order valence-corrected chi connectivity index (χ1v) is 7.20. The molecule has 0 aliphatic carbocycles. The fourth-order valence-corrected chi connectivity index (χ4v) is 2.10. The first-order chi connectivity index (χ1) is 9.99. The van der Waals surface area contributed by atoms with Gasteiger partial charge in [0.1, 0.15) is 5.75 Å². The highest BCUT2D eigenvalue weighted by atomic mass is 16.5. The van der Waals surface area contributed by atoms with Gasteiger partial charge in [0.2, 0.25) is 0 Å². The van der Waals surface area contributed by atoms with Crippen molar-refractivity contribution >= 4 is 16.9 Å². The molecular formula is C17H21NO3. The number of fused-ring (bicyclic) bond motifs is 1. The van der Waals surface area contributed by atoms with E-state index in [2.05, 4.69) is 4.98 Å². The lowest BCUT2D eigenvalue weighted by atomic mass is 9.87. The number of carboxylic acids is 1. The SMILES string of the molecule is CC(C)(CCCCOc1cnc2ccccc2c1)C(=O)O. The summed E-state index contributed by atoms with van der Waals surface area (Å²) in [7, 11) is 0. The standard InChI is InChI=1S/C17H21NO3/c1-17(2,16(19)20)9-5-6-10-21-14-11-13-7-3-4-8-15(13)18-12-14/h3-4,7-8,11-12H,5-6,9-10H2,1-2H3,(H,19,20). The molecule has 0 bridgehead atoms. The van der Waals surface area contributed by atoms with Crippen LogP contribution in [0, 0.1) is 5.41 Å². The monoisotopic (exact) mass is 287 g/mol. The molecule has 0 unspecified atom stereocenters. The van der Waals surface area contributed by atoms with Gasteiger partial charge in [-0.2, -0.15) is 0 Å². The van der Waals surface area contributed by atoms with E-state index < -0.39 is 11.4 Å². The quantitative estimate of drug-likeness (QED) is 0.785. The third-order valence-corrected chi connectivity index (χ3v) is 3.61. The first-order valence-electron chi connectivity index (χ1n) is 7.20. The fourth-order valence-electron chi connectivity index (χ4n) is 2.10. The summed E-state index contributed by atoms with van der Waals surface area (Å²) in [6, 6.07) is 9.88. The molecule has 1 aromatic heterocycles. The van der Waals surface area contributed by atoms with Crippen molar-refractivity contribution in [2.45, 2.75) is 33.1 Å². The highest BCUT2D eigenvalue weighted by Gasteiger charge is 2.25. The number of hydrogen-bond acceptors (Lipinski definition) is 3. The van der Waals surface area contributed by atoms with Gasteiger partial charge in [-0.05, 0) is 45.2 Å². The minimum atomic E-state index is -0.748. The number of unbranched alkanes of at least 4 members (excludes halogenated alkanes) is 1. The molecule has 21 heavy (non-hydrogen) atoms. The lowest BCUT2D eigenvalue weighted by Gasteiger charge is -2.18. The van der Waals surface area contributed by atoms with E-state index in [4.69, 9.17) is 9.84 Å². The minimum Gasteiger partial charge on any atom is -0.492 e. The zero-order valence-corrected chi connectivity index (χ0v) is 12.5. The van der Waals surface area contributed by atoms with Crippen LogP contribution in [0.5, 0.6) is 5.75 Å². The molecule has 0 fully saturated rings. The van der Waals surface area contributed by atoms with Crippen LogP contribution in [0.2, 0.25) is 0 Å². The number of para-hydroxylation sites is 1. The number of nitrogens with zero attached hydrogens (tertiary/aromatic N) is 1. The number of rotatable bonds is 7. The predicted octanol–water partition coefficient (Wildman–Crippen LogP) is 3.89. The van der Waals surface area contributed by atoms with Crippen molar-refractivity contribution in [3.8, 4) is 5.75 Å². The van der Waals surface area contributed by atoms with Gasteiger partial charge in [-0.1, -0.05) is 18.2 Å². The maximum atomic E-state index is 11.0. The van der Waals surface area contributed by atoms with Gasteiger partial charge in [-0.3, -0.25) is 9.78 Å². The second-order valence-corrected chi connectivity index (χ2v) is 5.86. The van der Waals surface area contributed by atoms with E-state index in [-0.39, 0.29) is 0 Å².